The highest BCUT2D eigenvalue weighted by Crippen LogP contribution is 2.31. The van der Waals surface area contributed by atoms with Crippen molar-refractivity contribution in [1.29, 1.82) is 5.41 Å². The molecule has 0 bridgehead atoms. The first-order valence-corrected chi connectivity index (χ1v) is 14.1. The predicted molar refractivity (Wildman–Crippen MR) is 149 cm³/mol. The van der Waals surface area contributed by atoms with E-state index in [9.17, 15) is 21.6 Å². The van der Waals surface area contributed by atoms with Crippen molar-refractivity contribution in [3.05, 3.63) is 60.2 Å². The quantitative estimate of drug-likeness (QED) is 0.0553. The molecule has 4 rings (SSSR count). The third-order valence-corrected chi connectivity index (χ3v) is 5.98. The largest absolute Gasteiger partial charge is 0.484 e. The van der Waals surface area contributed by atoms with E-state index in [4.69, 9.17) is 15.9 Å². The van der Waals surface area contributed by atoms with Crippen molar-refractivity contribution < 1.29 is 31.1 Å². The van der Waals surface area contributed by atoms with Crippen LogP contribution in [0.15, 0.2) is 59.8 Å². The molecule has 0 aliphatic heterocycles. The summed E-state index contributed by atoms with van der Waals surface area (Å²) in [5, 5.41) is 15.3. The minimum Gasteiger partial charge on any atom is -0.484 e. The number of H-pyrrole nitrogens is 1. The summed E-state index contributed by atoms with van der Waals surface area (Å²) in [6.07, 6.45) is -1.65. The second kappa shape index (κ2) is 13.8. The first kappa shape index (κ1) is 31.2. The molecule has 17 heteroatoms. The fourth-order valence-electron chi connectivity index (χ4n) is 3.00. The van der Waals surface area contributed by atoms with E-state index in [0.717, 1.165) is 37.0 Å². The topological polar surface area (TPSA) is 182 Å². The summed E-state index contributed by atoms with van der Waals surface area (Å²) < 4.78 is 72.1. The third kappa shape index (κ3) is 9.64. The molecule has 0 aliphatic carbocycles. The number of halogens is 3. The number of nitrogens with zero attached hydrogens (tertiary/aromatic N) is 4. The number of hydrogen-bond acceptors (Lipinski definition) is 12. The number of nitrogen functional groups attached to an aromatic ring is 1. The van der Waals surface area contributed by atoms with Gasteiger partial charge in [0.15, 0.2) is 12.2 Å². The lowest BCUT2D eigenvalue weighted by Crippen LogP contribution is -2.07. The van der Waals surface area contributed by atoms with Crippen molar-refractivity contribution in [3.63, 3.8) is 0 Å². The SMILES string of the molecule is CS(=O)(=O)c1nc(N)cc(Oc2ccc(-c3nc(Nc4cccc(C(F)(F)F)c4)n[nH]3)cc2)n1.N=COCCCS. The second-order valence-corrected chi connectivity index (χ2v) is 10.4. The van der Waals surface area contributed by atoms with Crippen molar-refractivity contribution in [2.75, 3.05) is 29.7 Å². The lowest BCUT2D eigenvalue weighted by atomic mass is 10.2. The monoisotopic (exact) mass is 610 g/mol. The molecule has 0 saturated carbocycles. The van der Waals surface area contributed by atoms with Crippen LogP contribution in [0.5, 0.6) is 11.6 Å². The summed E-state index contributed by atoms with van der Waals surface area (Å²) in [4.78, 5) is 11.7. The molecule has 2 heterocycles. The highest BCUT2D eigenvalue weighted by molar-refractivity contribution is 7.90. The Morgan fingerprint density at radius 3 is 2.49 bits per heavy atom. The molecular formula is C24H25F3N8O4S2. The highest BCUT2D eigenvalue weighted by Gasteiger charge is 2.30. The van der Waals surface area contributed by atoms with Gasteiger partial charge in [-0.3, -0.25) is 10.5 Å². The number of nitrogens with one attached hydrogen (secondary N) is 3. The number of sulfone groups is 1. The van der Waals surface area contributed by atoms with Crippen LogP contribution >= 0.6 is 12.6 Å². The summed E-state index contributed by atoms with van der Waals surface area (Å²) in [7, 11) is -3.68. The van der Waals surface area contributed by atoms with Crippen molar-refractivity contribution in [2.24, 2.45) is 0 Å². The Hall–Kier alpha value is -4.38. The summed E-state index contributed by atoms with van der Waals surface area (Å²) >= 11 is 3.94. The van der Waals surface area contributed by atoms with Gasteiger partial charge in [-0.2, -0.15) is 35.8 Å². The third-order valence-electron chi connectivity index (χ3n) is 4.82. The van der Waals surface area contributed by atoms with Crippen molar-refractivity contribution in [3.8, 4) is 23.0 Å². The average Bonchev–Trinajstić information content (AvgIpc) is 3.37. The van der Waals surface area contributed by atoms with E-state index in [2.05, 4.69) is 47.8 Å². The Balaban J connectivity index is 0.000000587. The second-order valence-electron chi connectivity index (χ2n) is 8.09. The van der Waals surface area contributed by atoms with Gasteiger partial charge in [-0.1, -0.05) is 6.07 Å². The van der Waals surface area contributed by atoms with Crippen molar-refractivity contribution in [1.82, 2.24) is 25.1 Å². The fraction of sp³-hybridized carbons (Fsp3) is 0.208. The maximum absolute atomic E-state index is 12.9. The molecule has 0 amide bonds. The number of aromatic amines is 1. The lowest BCUT2D eigenvalue weighted by molar-refractivity contribution is -0.137. The molecule has 218 valence electrons. The van der Waals surface area contributed by atoms with Crippen LogP contribution in [0.2, 0.25) is 0 Å². The molecule has 0 aliphatic rings. The minimum atomic E-state index is -4.46. The Kier molecular flexibility index (Phi) is 10.5. The molecule has 5 N–H and O–H groups in total. The predicted octanol–water partition coefficient (Wildman–Crippen LogP) is 4.73. The number of alkyl halides is 3. The Bertz CT molecular complexity index is 1570. The zero-order valence-corrected chi connectivity index (χ0v) is 23.1. The molecule has 41 heavy (non-hydrogen) atoms. The van der Waals surface area contributed by atoms with Crippen LogP contribution in [0.25, 0.3) is 11.4 Å². The molecule has 4 aromatic rings. The minimum absolute atomic E-state index is 0.0482. The zero-order chi connectivity index (χ0) is 30.0. The number of benzene rings is 2. The van der Waals surface area contributed by atoms with E-state index in [0.29, 0.717) is 23.7 Å². The van der Waals surface area contributed by atoms with Gasteiger partial charge in [0.05, 0.1) is 12.2 Å². The van der Waals surface area contributed by atoms with Crippen LogP contribution < -0.4 is 15.8 Å². The van der Waals surface area contributed by atoms with Crippen LogP contribution in [-0.2, 0) is 20.8 Å². The first-order valence-electron chi connectivity index (χ1n) is 11.6. The smallest absolute Gasteiger partial charge is 0.416 e. The highest BCUT2D eigenvalue weighted by atomic mass is 32.2. The van der Waals surface area contributed by atoms with Gasteiger partial charge >= 0.3 is 6.18 Å². The summed E-state index contributed by atoms with van der Waals surface area (Å²) in [6.45, 7) is 0.618. The van der Waals surface area contributed by atoms with E-state index < -0.39 is 26.7 Å². The van der Waals surface area contributed by atoms with E-state index in [1.54, 1.807) is 24.3 Å². The van der Waals surface area contributed by atoms with Crippen LogP contribution in [0.1, 0.15) is 12.0 Å². The van der Waals surface area contributed by atoms with Crippen LogP contribution in [0.4, 0.5) is 30.6 Å². The molecular weight excluding hydrogens is 585 g/mol. The van der Waals surface area contributed by atoms with Gasteiger partial charge in [-0.25, -0.2) is 13.4 Å². The summed E-state index contributed by atoms with van der Waals surface area (Å²) in [6, 6.07) is 12.4. The number of anilines is 3. The number of thiol groups is 1. The molecule has 12 nitrogen and oxygen atoms in total. The fourth-order valence-corrected chi connectivity index (χ4v) is 3.65. The lowest BCUT2D eigenvalue weighted by Gasteiger charge is -2.08. The van der Waals surface area contributed by atoms with Crippen LogP contribution in [-0.4, -0.2) is 58.6 Å². The normalized spacial score (nSPS) is 11.2. The van der Waals surface area contributed by atoms with E-state index >= 15 is 0 Å². The van der Waals surface area contributed by atoms with Crippen molar-refractivity contribution in [2.45, 2.75) is 17.8 Å². The molecule has 2 aromatic heterocycles. The van der Waals surface area contributed by atoms with E-state index in [1.807, 2.05) is 0 Å². The molecule has 2 aromatic carbocycles. The maximum atomic E-state index is 12.9. The van der Waals surface area contributed by atoms with E-state index in [1.165, 1.54) is 18.2 Å². The molecule has 0 spiro atoms. The summed E-state index contributed by atoms with van der Waals surface area (Å²) in [5.74, 6) is 1.49. The molecule has 0 atom stereocenters. The zero-order valence-electron chi connectivity index (χ0n) is 21.4. The number of aromatic nitrogens is 5. The molecule has 0 fully saturated rings. The molecule has 0 saturated heterocycles. The Labute approximate surface area is 238 Å². The van der Waals surface area contributed by atoms with Gasteiger partial charge in [-0.15, -0.1) is 5.10 Å². The van der Waals surface area contributed by atoms with Gasteiger partial charge in [0.2, 0.25) is 21.7 Å². The van der Waals surface area contributed by atoms with Gasteiger partial charge < -0.3 is 20.5 Å². The maximum Gasteiger partial charge on any atom is 0.416 e. The van der Waals surface area contributed by atoms with Gasteiger partial charge in [0.25, 0.3) is 5.16 Å². The van der Waals surface area contributed by atoms with E-state index in [-0.39, 0.29) is 23.3 Å². The molecule has 0 radical (unpaired) electrons. The van der Waals surface area contributed by atoms with Gasteiger partial charge in [-0.05, 0) is 54.6 Å². The number of rotatable bonds is 10. The Morgan fingerprint density at radius 2 is 1.85 bits per heavy atom. The number of nitrogens with two attached hydrogens (primary N) is 1. The number of hydrogen-bond donors (Lipinski definition) is 5. The molecule has 0 unspecified atom stereocenters. The number of ether oxygens (including phenoxy) is 2. The first-order chi connectivity index (χ1) is 19.4. The van der Waals surface area contributed by atoms with Crippen LogP contribution in [0, 0.1) is 5.41 Å². The van der Waals surface area contributed by atoms with Crippen molar-refractivity contribution >= 4 is 46.3 Å². The van der Waals surface area contributed by atoms with Gasteiger partial charge in [0.1, 0.15) is 11.6 Å². The van der Waals surface area contributed by atoms with Crippen LogP contribution in [0.3, 0.4) is 0 Å². The average molecular weight is 611 g/mol. The summed E-state index contributed by atoms with van der Waals surface area (Å²) in [5.41, 5.74) is 5.62. The van der Waals surface area contributed by atoms with Gasteiger partial charge in [0, 0.05) is 23.6 Å². The standard InChI is InChI=1S/C20H16F3N7O3S.C4H9NOS/c1-34(31,32)19-26-15(24)10-16(27-19)33-14-7-5-11(6-8-14)17-28-18(30-29-17)25-13-4-2-3-12(9-13)20(21,22)23;5-4-6-2-1-3-7/h2-10H,1H3,(H2,24,26,27)(H2,25,28,29,30);4-5,7H,1-3H2. The Morgan fingerprint density at radius 1 is 1.12 bits per heavy atom.